The summed E-state index contributed by atoms with van der Waals surface area (Å²) in [6, 6.07) is 11.0. The number of nitrogen functional groups attached to an aromatic ring is 1. The van der Waals surface area contributed by atoms with E-state index in [2.05, 4.69) is 9.97 Å². The van der Waals surface area contributed by atoms with Crippen LogP contribution in [0.15, 0.2) is 41.3 Å². The molecule has 0 radical (unpaired) electrons. The second-order valence-corrected chi connectivity index (χ2v) is 6.31. The molecule has 0 bridgehead atoms. The minimum absolute atomic E-state index is 0.209. The molecule has 0 aliphatic heterocycles. The SMILES string of the molecule is CSc1cc(-c2[nH]c(C)nc2-c2ccc(F)c(C)c2)ccc1N. The zero-order valence-electron chi connectivity index (χ0n) is 13.3. The molecular weight excluding hydrogens is 309 g/mol. The quantitative estimate of drug-likeness (QED) is 0.536. The first-order chi connectivity index (χ1) is 11.0. The minimum atomic E-state index is -0.209. The Morgan fingerprint density at radius 3 is 2.52 bits per heavy atom. The standard InChI is InChI=1S/C18H18FN3S/c1-10-8-12(4-6-14(10)19)17-18(22-11(2)21-17)13-5-7-15(20)16(9-13)23-3/h4-9H,20H2,1-3H3,(H,21,22). The summed E-state index contributed by atoms with van der Waals surface area (Å²) in [6.45, 7) is 3.67. The van der Waals surface area contributed by atoms with E-state index in [0.29, 0.717) is 5.56 Å². The molecule has 0 saturated carbocycles. The fraction of sp³-hybridized carbons (Fsp3) is 0.167. The number of aromatic amines is 1. The molecule has 3 aromatic rings. The van der Waals surface area contributed by atoms with E-state index in [1.54, 1.807) is 24.8 Å². The van der Waals surface area contributed by atoms with Gasteiger partial charge in [-0.2, -0.15) is 0 Å². The van der Waals surface area contributed by atoms with E-state index in [1.807, 2.05) is 37.4 Å². The Bertz CT molecular complexity index is 871. The Balaban J connectivity index is 2.16. The molecule has 0 fully saturated rings. The molecule has 0 aliphatic carbocycles. The zero-order chi connectivity index (χ0) is 16.6. The lowest BCUT2D eigenvalue weighted by molar-refractivity contribution is 0.619. The van der Waals surface area contributed by atoms with Gasteiger partial charge in [0.25, 0.3) is 0 Å². The van der Waals surface area contributed by atoms with E-state index in [1.165, 1.54) is 6.07 Å². The highest BCUT2D eigenvalue weighted by Crippen LogP contribution is 2.34. The van der Waals surface area contributed by atoms with Gasteiger partial charge in [0.1, 0.15) is 11.6 Å². The van der Waals surface area contributed by atoms with E-state index in [9.17, 15) is 4.39 Å². The Morgan fingerprint density at radius 1 is 1.09 bits per heavy atom. The van der Waals surface area contributed by atoms with Crippen LogP contribution in [0.3, 0.4) is 0 Å². The summed E-state index contributed by atoms with van der Waals surface area (Å²) in [7, 11) is 0. The van der Waals surface area contributed by atoms with Gasteiger partial charge in [-0.05, 0) is 56.0 Å². The van der Waals surface area contributed by atoms with Crippen LogP contribution in [-0.4, -0.2) is 16.2 Å². The van der Waals surface area contributed by atoms with Crippen molar-refractivity contribution in [3.8, 4) is 22.5 Å². The second kappa shape index (κ2) is 6.08. The predicted molar refractivity (Wildman–Crippen MR) is 95.1 cm³/mol. The highest BCUT2D eigenvalue weighted by Gasteiger charge is 2.14. The van der Waals surface area contributed by atoms with Crippen molar-refractivity contribution in [2.24, 2.45) is 0 Å². The molecule has 1 aromatic heterocycles. The van der Waals surface area contributed by atoms with Crippen molar-refractivity contribution >= 4 is 17.4 Å². The molecule has 5 heteroatoms. The van der Waals surface area contributed by atoms with Crippen LogP contribution in [0.1, 0.15) is 11.4 Å². The summed E-state index contributed by atoms with van der Waals surface area (Å²) in [6.07, 6.45) is 2.00. The van der Waals surface area contributed by atoms with E-state index in [-0.39, 0.29) is 5.82 Å². The van der Waals surface area contributed by atoms with Crippen LogP contribution in [0.25, 0.3) is 22.5 Å². The number of aryl methyl sites for hydroxylation is 2. The summed E-state index contributed by atoms with van der Waals surface area (Å²) in [5.74, 6) is 0.610. The normalized spacial score (nSPS) is 11.0. The number of H-pyrrole nitrogens is 1. The van der Waals surface area contributed by atoms with Gasteiger partial charge in [-0.3, -0.25) is 0 Å². The molecule has 1 heterocycles. The number of nitrogens with zero attached hydrogens (tertiary/aromatic N) is 1. The fourth-order valence-electron chi connectivity index (χ4n) is 2.57. The summed E-state index contributed by atoms with van der Waals surface area (Å²) < 4.78 is 13.5. The van der Waals surface area contributed by atoms with E-state index < -0.39 is 0 Å². The molecule has 0 amide bonds. The largest absolute Gasteiger partial charge is 0.398 e. The second-order valence-electron chi connectivity index (χ2n) is 5.47. The van der Waals surface area contributed by atoms with Crippen molar-refractivity contribution in [2.45, 2.75) is 18.7 Å². The van der Waals surface area contributed by atoms with Crippen molar-refractivity contribution in [1.82, 2.24) is 9.97 Å². The number of anilines is 1. The van der Waals surface area contributed by atoms with Crippen molar-refractivity contribution in [3.05, 3.63) is 53.6 Å². The van der Waals surface area contributed by atoms with E-state index in [0.717, 1.165) is 38.9 Å². The van der Waals surface area contributed by atoms with Crippen LogP contribution in [0.5, 0.6) is 0 Å². The van der Waals surface area contributed by atoms with Crippen molar-refractivity contribution in [2.75, 3.05) is 12.0 Å². The van der Waals surface area contributed by atoms with Gasteiger partial charge in [-0.1, -0.05) is 6.07 Å². The monoisotopic (exact) mass is 327 g/mol. The lowest BCUT2D eigenvalue weighted by atomic mass is 10.0. The number of hydrogen-bond donors (Lipinski definition) is 2. The molecule has 0 aliphatic rings. The van der Waals surface area contributed by atoms with Crippen molar-refractivity contribution in [1.29, 1.82) is 0 Å². The molecule has 3 nitrogen and oxygen atoms in total. The maximum absolute atomic E-state index is 13.5. The summed E-state index contributed by atoms with van der Waals surface area (Å²) in [4.78, 5) is 8.92. The third-order valence-electron chi connectivity index (χ3n) is 3.78. The molecule has 0 unspecified atom stereocenters. The minimum Gasteiger partial charge on any atom is -0.398 e. The highest BCUT2D eigenvalue weighted by molar-refractivity contribution is 7.98. The van der Waals surface area contributed by atoms with Crippen molar-refractivity contribution < 1.29 is 4.39 Å². The molecule has 3 rings (SSSR count). The topological polar surface area (TPSA) is 54.7 Å². The lowest BCUT2D eigenvalue weighted by Crippen LogP contribution is -1.91. The average molecular weight is 327 g/mol. The average Bonchev–Trinajstić information content (AvgIpc) is 2.92. The predicted octanol–water partition coefficient (Wildman–Crippen LogP) is 4.80. The molecule has 118 valence electrons. The third kappa shape index (κ3) is 2.97. The third-order valence-corrected chi connectivity index (χ3v) is 4.57. The van der Waals surface area contributed by atoms with Gasteiger partial charge in [0.2, 0.25) is 0 Å². The van der Waals surface area contributed by atoms with Gasteiger partial charge in [0.05, 0.1) is 11.4 Å². The molecule has 23 heavy (non-hydrogen) atoms. The number of benzene rings is 2. The number of nitrogens with one attached hydrogen (secondary N) is 1. The molecular formula is C18H18FN3S. The number of halogens is 1. The Morgan fingerprint density at radius 2 is 1.83 bits per heavy atom. The van der Waals surface area contributed by atoms with Gasteiger partial charge in [-0.15, -0.1) is 11.8 Å². The first-order valence-electron chi connectivity index (χ1n) is 7.26. The molecule has 0 saturated heterocycles. The zero-order valence-corrected chi connectivity index (χ0v) is 14.1. The van der Waals surface area contributed by atoms with Crippen LogP contribution in [0.4, 0.5) is 10.1 Å². The molecule has 3 N–H and O–H groups in total. The van der Waals surface area contributed by atoms with Crippen LogP contribution < -0.4 is 5.73 Å². The molecule has 0 spiro atoms. The highest BCUT2D eigenvalue weighted by atomic mass is 32.2. The number of nitrogens with two attached hydrogens (primary N) is 1. The molecule has 2 aromatic carbocycles. The van der Waals surface area contributed by atoms with Gasteiger partial charge < -0.3 is 10.7 Å². The fourth-order valence-corrected chi connectivity index (χ4v) is 3.12. The first kappa shape index (κ1) is 15.6. The number of aromatic nitrogens is 2. The van der Waals surface area contributed by atoms with E-state index in [4.69, 9.17) is 5.73 Å². The van der Waals surface area contributed by atoms with E-state index >= 15 is 0 Å². The summed E-state index contributed by atoms with van der Waals surface area (Å²) >= 11 is 1.61. The number of imidazole rings is 1. The maximum atomic E-state index is 13.5. The first-order valence-corrected chi connectivity index (χ1v) is 8.49. The van der Waals surface area contributed by atoms with Gasteiger partial charge in [-0.25, -0.2) is 9.37 Å². The number of thioether (sulfide) groups is 1. The van der Waals surface area contributed by atoms with Gasteiger partial charge >= 0.3 is 0 Å². The van der Waals surface area contributed by atoms with Gasteiger partial charge in [0.15, 0.2) is 0 Å². The Hall–Kier alpha value is -2.27. The van der Waals surface area contributed by atoms with Crippen LogP contribution in [-0.2, 0) is 0 Å². The van der Waals surface area contributed by atoms with Gasteiger partial charge in [0, 0.05) is 21.7 Å². The number of rotatable bonds is 3. The Labute approximate surface area is 139 Å². The smallest absolute Gasteiger partial charge is 0.126 e. The summed E-state index contributed by atoms with van der Waals surface area (Å²) in [5.41, 5.74) is 11.0. The molecule has 0 atom stereocenters. The summed E-state index contributed by atoms with van der Waals surface area (Å²) in [5, 5.41) is 0. The Kier molecular flexibility index (Phi) is 4.13. The lowest BCUT2D eigenvalue weighted by Gasteiger charge is -2.08. The maximum Gasteiger partial charge on any atom is 0.126 e. The van der Waals surface area contributed by atoms with Crippen LogP contribution in [0, 0.1) is 19.7 Å². The van der Waals surface area contributed by atoms with Crippen LogP contribution in [0.2, 0.25) is 0 Å². The van der Waals surface area contributed by atoms with Crippen LogP contribution >= 0.6 is 11.8 Å². The number of hydrogen-bond acceptors (Lipinski definition) is 3. The van der Waals surface area contributed by atoms with Crippen molar-refractivity contribution in [3.63, 3.8) is 0 Å².